The highest BCUT2D eigenvalue weighted by molar-refractivity contribution is 9.11. The lowest BCUT2D eigenvalue weighted by atomic mass is 10.2. The molecule has 7 nitrogen and oxygen atoms in total. The molecule has 0 amide bonds. The molecule has 2 aromatic heterocycles. The Kier molecular flexibility index (Phi) is 6.42. The molecule has 0 saturated carbocycles. The van der Waals surface area contributed by atoms with E-state index in [1.807, 2.05) is 6.92 Å². The van der Waals surface area contributed by atoms with E-state index in [1.165, 1.54) is 18.3 Å². The summed E-state index contributed by atoms with van der Waals surface area (Å²) in [5.74, 6) is -0.785. The molecule has 136 valence electrons. The number of nitrogens with zero attached hydrogens (tertiary/aromatic N) is 2. The number of hydrogen-bond acceptors (Lipinski definition) is 6. The predicted molar refractivity (Wildman–Crippen MR) is 102 cm³/mol. The quantitative estimate of drug-likeness (QED) is 0.640. The maximum absolute atomic E-state index is 12.6. The van der Waals surface area contributed by atoms with Crippen LogP contribution < -0.4 is 9.62 Å². The summed E-state index contributed by atoms with van der Waals surface area (Å²) < 4.78 is 28.4. The average Bonchev–Trinajstić information content (AvgIpc) is 2.99. The average molecular weight is 448 g/mol. The van der Waals surface area contributed by atoms with E-state index < -0.39 is 16.0 Å². The number of nitrogens with one attached hydrogen (secondary N) is 1. The van der Waals surface area contributed by atoms with Gasteiger partial charge in [0, 0.05) is 19.8 Å². The molecule has 0 bridgehead atoms. The highest BCUT2D eigenvalue weighted by Gasteiger charge is 2.21. The van der Waals surface area contributed by atoms with Gasteiger partial charge in [0.2, 0.25) is 0 Å². The molecule has 2 N–H and O–H groups in total. The van der Waals surface area contributed by atoms with Crippen molar-refractivity contribution in [2.24, 2.45) is 0 Å². The number of carboxylic acid groups (broad SMARTS) is 1. The molecule has 10 heteroatoms. The number of rotatable bonds is 8. The van der Waals surface area contributed by atoms with E-state index in [0.29, 0.717) is 16.1 Å². The van der Waals surface area contributed by atoms with Crippen LogP contribution in [-0.4, -0.2) is 38.1 Å². The van der Waals surface area contributed by atoms with E-state index in [2.05, 4.69) is 25.6 Å². The first-order chi connectivity index (χ1) is 11.7. The van der Waals surface area contributed by atoms with Gasteiger partial charge < -0.3 is 10.0 Å². The Morgan fingerprint density at radius 2 is 2.16 bits per heavy atom. The number of hydrogen-bond donors (Lipinski definition) is 2. The fraction of sp³-hybridized carbons (Fsp3) is 0.333. The Hall–Kier alpha value is -1.65. The van der Waals surface area contributed by atoms with Crippen LogP contribution in [0.3, 0.4) is 0 Å². The number of unbranched alkanes of at least 4 members (excludes halogenated alkanes) is 1. The molecule has 0 aliphatic rings. The zero-order chi connectivity index (χ0) is 18.6. The van der Waals surface area contributed by atoms with E-state index in [0.717, 1.165) is 24.2 Å². The van der Waals surface area contributed by atoms with E-state index in [1.54, 1.807) is 18.0 Å². The Bertz CT molecular complexity index is 867. The van der Waals surface area contributed by atoms with Crippen molar-refractivity contribution >= 4 is 54.8 Å². The van der Waals surface area contributed by atoms with Crippen molar-refractivity contribution in [2.45, 2.75) is 24.0 Å². The van der Waals surface area contributed by atoms with E-state index in [9.17, 15) is 13.2 Å². The first kappa shape index (κ1) is 19.7. The SMILES string of the molecule is CCCCN(C)c1ncc(C(=O)O)cc1NS(=O)(=O)c1ccc(Br)s1. The Morgan fingerprint density at radius 1 is 1.44 bits per heavy atom. The molecule has 0 saturated heterocycles. The molecule has 0 fully saturated rings. The van der Waals surface area contributed by atoms with Gasteiger partial charge in [0.05, 0.1) is 15.0 Å². The number of halogens is 1. The van der Waals surface area contributed by atoms with Gasteiger partial charge in [-0.2, -0.15) is 0 Å². The molecule has 0 aliphatic carbocycles. The summed E-state index contributed by atoms with van der Waals surface area (Å²) in [7, 11) is -2.04. The summed E-state index contributed by atoms with van der Waals surface area (Å²) in [6.45, 7) is 2.72. The van der Waals surface area contributed by atoms with Gasteiger partial charge in [-0.15, -0.1) is 11.3 Å². The van der Waals surface area contributed by atoms with Gasteiger partial charge >= 0.3 is 5.97 Å². The summed E-state index contributed by atoms with van der Waals surface area (Å²) in [5.41, 5.74) is 0.0562. The molecule has 0 unspecified atom stereocenters. The monoisotopic (exact) mass is 447 g/mol. The van der Waals surface area contributed by atoms with Crippen LogP contribution in [0.1, 0.15) is 30.1 Å². The highest BCUT2D eigenvalue weighted by atomic mass is 79.9. The third-order valence-corrected chi connectivity index (χ3v) is 6.86. The van der Waals surface area contributed by atoms with E-state index in [-0.39, 0.29) is 15.5 Å². The minimum atomic E-state index is -3.83. The van der Waals surface area contributed by atoms with Crippen molar-refractivity contribution in [3.63, 3.8) is 0 Å². The zero-order valence-electron chi connectivity index (χ0n) is 13.7. The van der Waals surface area contributed by atoms with Crippen LogP contribution in [0.25, 0.3) is 0 Å². The van der Waals surface area contributed by atoms with E-state index in [4.69, 9.17) is 5.11 Å². The molecule has 0 aliphatic heterocycles. The molecule has 0 atom stereocenters. The lowest BCUT2D eigenvalue weighted by Gasteiger charge is -2.21. The number of carboxylic acids is 1. The molecule has 2 aromatic rings. The summed E-state index contributed by atoms with van der Waals surface area (Å²) in [5, 5.41) is 9.16. The fourth-order valence-corrected chi connectivity index (χ4v) is 5.15. The van der Waals surface area contributed by atoms with Gasteiger partial charge in [0.1, 0.15) is 4.21 Å². The van der Waals surface area contributed by atoms with Gasteiger partial charge in [-0.25, -0.2) is 18.2 Å². The molecule has 0 radical (unpaired) electrons. The van der Waals surface area contributed by atoms with Crippen molar-refractivity contribution in [1.29, 1.82) is 0 Å². The number of pyridine rings is 1. The van der Waals surface area contributed by atoms with Crippen LogP contribution in [0.4, 0.5) is 11.5 Å². The summed E-state index contributed by atoms with van der Waals surface area (Å²) in [6.07, 6.45) is 3.10. The normalized spacial score (nSPS) is 11.3. The third-order valence-electron chi connectivity index (χ3n) is 3.38. The highest BCUT2D eigenvalue weighted by Crippen LogP contribution is 2.30. The minimum absolute atomic E-state index is 0.0855. The van der Waals surface area contributed by atoms with Gasteiger partial charge in [0.25, 0.3) is 10.0 Å². The fourth-order valence-electron chi connectivity index (χ4n) is 2.09. The van der Waals surface area contributed by atoms with Crippen LogP contribution in [0.15, 0.2) is 32.4 Å². The van der Waals surface area contributed by atoms with Crippen LogP contribution in [0.5, 0.6) is 0 Å². The molecule has 0 aromatic carbocycles. The van der Waals surface area contributed by atoms with Crippen molar-refractivity contribution in [2.75, 3.05) is 23.2 Å². The minimum Gasteiger partial charge on any atom is -0.478 e. The van der Waals surface area contributed by atoms with Gasteiger partial charge in [-0.3, -0.25) is 4.72 Å². The van der Waals surface area contributed by atoms with Crippen LogP contribution >= 0.6 is 27.3 Å². The molecular weight excluding hydrogens is 430 g/mol. The first-order valence-electron chi connectivity index (χ1n) is 7.47. The van der Waals surface area contributed by atoms with Crippen LogP contribution in [0.2, 0.25) is 0 Å². The lowest BCUT2D eigenvalue weighted by Crippen LogP contribution is -2.23. The molecule has 0 spiro atoms. The number of sulfonamides is 1. The number of thiophene rings is 1. The smallest absolute Gasteiger partial charge is 0.337 e. The Labute approximate surface area is 158 Å². The van der Waals surface area contributed by atoms with Crippen molar-refractivity contribution in [1.82, 2.24) is 4.98 Å². The third kappa shape index (κ3) is 4.93. The molecular formula is C15H18BrN3O4S2. The largest absolute Gasteiger partial charge is 0.478 e. The van der Waals surface area contributed by atoms with Crippen molar-refractivity contribution in [3.8, 4) is 0 Å². The number of aromatic carboxylic acids is 1. The standard InChI is InChI=1S/C15H18BrN3O4S2/c1-3-4-7-19(2)14-11(8-10(9-17-14)15(20)21)18-25(22,23)13-6-5-12(16)24-13/h5-6,8-9,18H,3-4,7H2,1-2H3,(H,20,21). The summed E-state index contributed by atoms with van der Waals surface area (Å²) in [4.78, 5) is 17.2. The summed E-state index contributed by atoms with van der Waals surface area (Å²) in [6, 6.07) is 4.40. The zero-order valence-corrected chi connectivity index (χ0v) is 16.9. The number of carbonyl (C=O) groups is 1. The van der Waals surface area contributed by atoms with Crippen molar-refractivity contribution < 1.29 is 18.3 Å². The topological polar surface area (TPSA) is 99.6 Å². The van der Waals surface area contributed by atoms with Gasteiger partial charge in [-0.1, -0.05) is 13.3 Å². The van der Waals surface area contributed by atoms with Crippen LogP contribution in [-0.2, 0) is 10.0 Å². The van der Waals surface area contributed by atoms with Gasteiger partial charge in [-0.05, 0) is 40.5 Å². The predicted octanol–water partition coefficient (Wildman–Crippen LogP) is 3.64. The number of aromatic nitrogens is 1. The number of anilines is 2. The Morgan fingerprint density at radius 3 is 2.72 bits per heavy atom. The second kappa shape index (κ2) is 8.15. The molecule has 2 rings (SSSR count). The first-order valence-corrected chi connectivity index (χ1v) is 10.6. The molecule has 2 heterocycles. The Balaban J connectivity index is 2.42. The second-order valence-corrected chi connectivity index (χ2v) is 9.71. The maximum Gasteiger partial charge on any atom is 0.337 e. The lowest BCUT2D eigenvalue weighted by molar-refractivity contribution is 0.0696. The van der Waals surface area contributed by atoms with E-state index >= 15 is 0 Å². The summed E-state index contributed by atoms with van der Waals surface area (Å²) >= 11 is 4.30. The maximum atomic E-state index is 12.6. The molecule has 25 heavy (non-hydrogen) atoms. The van der Waals surface area contributed by atoms with Crippen molar-refractivity contribution in [3.05, 3.63) is 33.7 Å². The van der Waals surface area contributed by atoms with Gasteiger partial charge in [0.15, 0.2) is 5.82 Å². The van der Waals surface area contributed by atoms with Crippen LogP contribution in [0, 0.1) is 0 Å². The second-order valence-electron chi connectivity index (χ2n) is 5.34.